The molecule has 0 heterocycles. The molecule has 0 aromatic heterocycles. The van der Waals surface area contributed by atoms with Crippen molar-refractivity contribution in [2.45, 2.75) is 122 Å². The molecule has 4 rings (SSSR count). The molecule has 0 bridgehead atoms. The van der Waals surface area contributed by atoms with Gasteiger partial charge in [-0.2, -0.15) is 0 Å². The van der Waals surface area contributed by atoms with E-state index in [2.05, 4.69) is 45.2 Å². The third kappa shape index (κ3) is 4.43. The van der Waals surface area contributed by atoms with Crippen molar-refractivity contribution in [2.24, 2.45) is 17.3 Å². The number of aliphatic hydroxyl groups is 1. The molecule has 182 valence electrons. The number of aromatic hydroxyl groups is 1. The highest BCUT2D eigenvalue weighted by Gasteiger charge is 2.61. The lowest BCUT2D eigenvalue weighted by Gasteiger charge is -2.52. The number of phenols is 1. The lowest BCUT2D eigenvalue weighted by molar-refractivity contribution is -0.0647. The lowest BCUT2D eigenvalue weighted by Crippen LogP contribution is -2.50. The second-order valence-electron chi connectivity index (χ2n) is 11.7. The number of fused-ring (bicyclic) bond motifs is 5. The Morgan fingerprint density at radius 2 is 1.82 bits per heavy atom. The SMILES string of the molecule is CCCCCC[Si](C#C[C@]1(O)CC[C@H]2[C@@H]3CCc4cc(O)ccc4[C@H]3CC[C@@]21C)(CC)CC. The molecule has 2 saturated carbocycles. The lowest BCUT2D eigenvalue weighted by atomic mass is 9.53. The van der Waals surface area contributed by atoms with Crippen molar-refractivity contribution >= 4 is 8.07 Å². The second kappa shape index (κ2) is 9.78. The van der Waals surface area contributed by atoms with E-state index in [1.807, 2.05) is 12.1 Å². The molecule has 0 amide bonds. The molecule has 33 heavy (non-hydrogen) atoms. The van der Waals surface area contributed by atoms with Gasteiger partial charge in [0, 0.05) is 5.41 Å². The van der Waals surface area contributed by atoms with Gasteiger partial charge in [-0.15, -0.1) is 5.54 Å². The molecule has 1 aromatic rings. The highest BCUT2D eigenvalue weighted by Crippen LogP contribution is 2.64. The molecular formula is C30H46O2Si. The standard InChI is InChI=1S/C30H46O2Si/c1-5-8-9-10-20-33(6-2,7-3)21-19-30(32)18-16-28-27-13-11-23-22-24(31)12-14-25(23)26(27)15-17-29(28,30)4/h12,14,22,26-28,31-32H,5-11,13,15-18,20H2,1-4H3/t26-,27-,28+,29+,30-/m1/s1. The fourth-order valence-corrected chi connectivity index (χ4v) is 10.8. The average molecular weight is 467 g/mol. The van der Waals surface area contributed by atoms with E-state index in [4.69, 9.17) is 0 Å². The monoisotopic (exact) mass is 466 g/mol. The van der Waals surface area contributed by atoms with Crippen LogP contribution in [0.4, 0.5) is 0 Å². The third-order valence-corrected chi connectivity index (χ3v) is 14.9. The van der Waals surface area contributed by atoms with E-state index < -0.39 is 13.7 Å². The van der Waals surface area contributed by atoms with Gasteiger partial charge in [0.05, 0.1) is 0 Å². The van der Waals surface area contributed by atoms with Gasteiger partial charge in [-0.25, -0.2) is 0 Å². The quantitative estimate of drug-likeness (QED) is 0.247. The normalized spacial score (nSPS) is 32.9. The predicted molar refractivity (Wildman–Crippen MR) is 141 cm³/mol. The molecule has 2 N–H and O–H groups in total. The van der Waals surface area contributed by atoms with Gasteiger partial charge >= 0.3 is 0 Å². The van der Waals surface area contributed by atoms with Crippen LogP contribution in [0.1, 0.15) is 103 Å². The number of hydrogen-bond acceptors (Lipinski definition) is 2. The van der Waals surface area contributed by atoms with E-state index in [0.29, 0.717) is 23.5 Å². The Balaban J connectivity index is 1.56. The van der Waals surface area contributed by atoms with Crippen LogP contribution < -0.4 is 0 Å². The topological polar surface area (TPSA) is 40.5 Å². The molecule has 2 fully saturated rings. The Kier molecular flexibility index (Phi) is 7.37. The summed E-state index contributed by atoms with van der Waals surface area (Å²) in [4.78, 5) is 0. The van der Waals surface area contributed by atoms with Gasteiger partial charge in [0.1, 0.15) is 19.4 Å². The van der Waals surface area contributed by atoms with Crippen LogP contribution >= 0.6 is 0 Å². The van der Waals surface area contributed by atoms with Gasteiger partial charge < -0.3 is 10.2 Å². The number of unbranched alkanes of at least 4 members (excludes halogenated alkanes) is 3. The highest BCUT2D eigenvalue weighted by molar-refractivity contribution is 6.87. The van der Waals surface area contributed by atoms with E-state index in [9.17, 15) is 10.2 Å². The van der Waals surface area contributed by atoms with Gasteiger partial charge in [0.2, 0.25) is 0 Å². The molecule has 0 saturated heterocycles. The maximum atomic E-state index is 12.0. The van der Waals surface area contributed by atoms with Crippen molar-refractivity contribution in [3.05, 3.63) is 29.3 Å². The molecule has 0 spiro atoms. The number of phenolic OH excluding ortho intramolecular Hbond substituents is 1. The molecule has 5 atom stereocenters. The first kappa shape index (κ1) is 24.9. The summed E-state index contributed by atoms with van der Waals surface area (Å²) in [6.45, 7) is 9.33. The third-order valence-electron chi connectivity index (χ3n) is 10.3. The van der Waals surface area contributed by atoms with Crippen molar-refractivity contribution in [2.75, 3.05) is 0 Å². The van der Waals surface area contributed by atoms with Crippen LogP contribution in [0.15, 0.2) is 18.2 Å². The van der Waals surface area contributed by atoms with Crippen LogP contribution in [0.25, 0.3) is 0 Å². The predicted octanol–water partition coefficient (Wildman–Crippen LogP) is 7.59. The van der Waals surface area contributed by atoms with E-state index >= 15 is 0 Å². The summed E-state index contributed by atoms with van der Waals surface area (Å²) >= 11 is 0. The van der Waals surface area contributed by atoms with Gasteiger partial charge in [-0.1, -0.05) is 65.4 Å². The maximum absolute atomic E-state index is 12.0. The number of benzene rings is 1. The van der Waals surface area contributed by atoms with E-state index in [-0.39, 0.29) is 5.41 Å². The van der Waals surface area contributed by atoms with Crippen molar-refractivity contribution in [3.8, 4) is 17.2 Å². The van der Waals surface area contributed by atoms with Crippen LogP contribution in [-0.2, 0) is 6.42 Å². The first-order valence-corrected chi connectivity index (χ1v) is 16.5. The minimum atomic E-state index is -1.63. The van der Waals surface area contributed by atoms with Gasteiger partial charge in [0.25, 0.3) is 0 Å². The van der Waals surface area contributed by atoms with E-state index in [1.54, 1.807) is 0 Å². The summed E-state index contributed by atoms with van der Waals surface area (Å²) in [6.07, 6.45) is 11.7. The second-order valence-corrected chi connectivity index (χ2v) is 16.4. The average Bonchev–Trinajstić information content (AvgIpc) is 3.09. The van der Waals surface area contributed by atoms with Crippen LogP contribution in [-0.4, -0.2) is 23.9 Å². The van der Waals surface area contributed by atoms with Crippen molar-refractivity contribution in [1.29, 1.82) is 0 Å². The molecule has 2 nitrogen and oxygen atoms in total. The Morgan fingerprint density at radius 3 is 2.55 bits per heavy atom. The molecule has 3 aliphatic rings. The summed E-state index contributed by atoms with van der Waals surface area (Å²) < 4.78 is 0. The highest BCUT2D eigenvalue weighted by atomic mass is 28.3. The minimum absolute atomic E-state index is 0.0839. The van der Waals surface area contributed by atoms with E-state index in [1.165, 1.54) is 61.4 Å². The Hall–Kier alpha value is -1.24. The van der Waals surface area contributed by atoms with Crippen LogP contribution in [0.2, 0.25) is 18.1 Å². The fraction of sp³-hybridized carbons (Fsp3) is 0.733. The van der Waals surface area contributed by atoms with Crippen LogP contribution in [0.5, 0.6) is 5.75 Å². The molecule has 1 aromatic carbocycles. The molecular weight excluding hydrogens is 420 g/mol. The molecule has 3 heteroatoms. The summed E-state index contributed by atoms with van der Waals surface area (Å²) in [5.74, 6) is 5.82. The largest absolute Gasteiger partial charge is 0.508 e. The van der Waals surface area contributed by atoms with Gasteiger partial charge in [-0.05, 0) is 97.7 Å². The smallest absolute Gasteiger partial charge is 0.138 e. The van der Waals surface area contributed by atoms with Crippen molar-refractivity contribution in [1.82, 2.24) is 0 Å². The zero-order valence-electron chi connectivity index (χ0n) is 21.6. The zero-order chi connectivity index (χ0) is 23.7. The van der Waals surface area contributed by atoms with E-state index in [0.717, 1.165) is 32.1 Å². The first-order chi connectivity index (χ1) is 15.8. The first-order valence-electron chi connectivity index (χ1n) is 13.9. The van der Waals surface area contributed by atoms with Crippen LogP contribution in [0, 0.1) is 28.7 Å². The molecule has 0 radical (unpaired) electrons. The summed E-state index contributed by atoms with van der Waals surface area (Å²) in [6, 6.07) is 9.76. The Labute approximate surface area is 203 Å². The molecule has 0 unspecified atom stereocenters. The maximum Gasteiger partial charge on any atom is 0.138 e. The van der Waals surface area contributed by atoms with Gasteiger partial charge in [-0.3, -0.25) is 0 Å². The summed E-state index contributed by atoms with van der Waals surface area (Å²) in [5, 5.41) is 22.0. The summed E-state index contributed by atoms with van der Waals surface area (Å²) in [5.41, 5.74) is 5.76. The van der Waals surface area contributed by atoms with Gasteiger partial charge in [0.15, 0.2) is 0 Å². The van der Waals surface area contributed by atoms with Crippen molar-refractivity contribution in [3.63, 3.8) is 0 Å². The minimum Gasteiger partial charge on any atom is -0.508 e. The van der Waals surface area contributed by atoms with Crippen LogP contribution in [0.3, 0.4) is 0 Å². The molecule has 0 aliphatic heterocycles. The molecule has 3 aliphatic carbocycles. The summed E-state index contributed by atoms with van der Waals surface area (Å²) in [7, 11) is -1.63. The Bertz CT molecular complexity index is 894. The number of aryl methyl sites for hydroxylation is 1. The number of rotatable bonds is 7. The number of hydrogen-bond donors (Lipinski definition) is 2. The fourth-order valence-electron chi connectivity index (χ4n) is 7.76. The zero-order valence-corrected chi connectivity index (χ0v) is 22.6. The van der Waals surface area contributed by atoms with Crippen molar-refractivity contribution < 1.29 is 10.2 Å². The Morgan fingerprint density at radius 1 is 1.03 bits per heavy atom.